The highest BCUT2D eigenvalue weighted by Crippen LogP contribution is 2.46. The molecule has 198 valence electrons. The van der Waals surface area contributed by atoms with E-state index in [1.807, 2.05) is 0 Å². The maximum atomic E-state index is 14.1. The maximum absolute atomic E-state index is 14.1. The van der Waals surface area contributed by atoms with Crippen LogP contribution in [0.15, 0.2) is 63.9 Å². The van der Waals surface area contributed by atoms with E-state index >= 15 is 0 Å². The van der Waals surface area contributed by atoms with Gasteiger partial charge in [-0.25, -0.2) is 9.36 Å². The average molecular weight is 610 g/mol. The second kappa shape index (κ2) is 9.66. The Bertz CT molecular complexity index is 1580. The number of para-hydroxylation sites is 1. The minimum absolute atomic E-state index is 0.0311. The van der Waals surface area contributed by atoms with Crippen molar-refractivity contribution in [1.82, 2.24) is 19.1 Å². The summed E-state index contributed by atoms with van der Waals surface area (Å²) < 4.78 is 46.7. The molecule has 2 unspecified atom stereocenters. The molecule has 2 N–H and O–H groups in total. The highest BCUT2D eigenvalue weighted by atomic mass is 79.9. The summed E-state index contributed by atoms with van der Waals surface area (Å²) in [4.78, 5) is 26.4. The number of rotatable bonds is 4. The van der Waals surface area contributed by atoms with Crippen molar-refractivity contribution >= 4 is 44.9 Å². The first-order valence-corrected chi connectivity index (χ1v) is 12.7. The quantitative estimate of drug-likeness (QED) is 0.297. The molecule has 4 aromatic rings. The van der Waals surface area contributed by atoms with Gasteiger partial charge >= 0.3 is 6.18 Å². The molecule has 0 radical (unpaired) electrons. The lowest BCUT2D eigenvalue weighted by Gasteiger charge is -2.33. The van der Waals surface area contributed by atoms with Crippen molar-refractivity contribution in [2.75, 3.05) is 10.6 Å². The molecule has 0 saturated heterocycles. The van der Waals surface area contributed by atoms with Gasteiger partial charge in [-0.15, -0.1) is 0 Å². The number of anilines is 2. The molecule has 0 fully saturated rings. The Balaban J connectivity index is 1.51. The Morgan fingerprint density at radius 2 is 1.82 bits per heavy atom. The minimum Gasteiger partial charge on any atom is -0.362 e. The van der Waals surface area contributed by atoms with Crippen molar-refractivity contribution in [3.05, 3.63) is 91.4 Å². The van der Waals surface area contributed by atoms with Gasteiger partial charge in [0.1, 0.15) is 16.5 Å². The van der Waals surface area contributed by atoms with E-state index < -0.39 is 35.4 Å². The van der Waals surface area contributed by atoms with Crippen molar-refractivity contribution in [3.63, 3.8) is 0 Å². The van der Waals surface area contributed by atoms with Crippen LogP contribution in [-0.4, -0.2) is 31.2 Å². The highest BCUT2D eigenvalue weighted by Gasteiger charge is 2.48. The minimum atomic E-state index is -4.65. The standard InChI is InChI=1S/C25H21BrClF3N6O2/c1-13-20(24(38)36(34(13)2)16-6-4-3-5-7-16)32-23(37)21-19(27)22-31-17(14-8-10-15(26)11-9-14)12-18(25(28,29)30)35(22)33-21/h3-11,17-18,31H,12H2,1-2H3,(H,32,37). The predicted octanol–water partition coefficient (Wildman–Crippen LogP) is 6.01. The summed E-state index contributed by atoms with van der Waals surface area (Å²) in [6, 6.07) is 13.0. The van der Waals surface area contributed by atoms with Gasteiger partial charge in [0.2, 0.25) is 0 Å². The van der Waals surface area contributed by atoms with Gasteiger partial charge in [-0.05, 0) is 36.8 Å². The first-order chi connectivity index (χ1) is 18.0. The number of carbonyl (C=O) groups is 1. The van der Waals surface area contributed by atoms with Crippen LogP contribution in [0.3, 0.4) is 0 Å². The van der Waals surface area contributed by atoms with E-state index in [0.717, 1.165) is 4.47 Å². The van der Waals surface area contributed by atoms with Gasteiger partial charge in [0.15, 0.2) is 11.7 Å². The van der Waals surface area contributed by atoms with Crippen LogP contribution in [0.4, 0.5) is 24.7 Å². The summed E-state index contributed by atoms with van der Waals surface area (Å²) in [7, 11) is 1.65. The molecule has 13 heteroatoms. The second-order valence-corrected chi connectivity index (χ2v) is 10.2. The number of amides is 1. The number of carbonyl (C=O) groups excluding carboxylic acids is 1. The summed E-state index contributed by atoms with van der Waals surface area (Å²) >= 11 is 9.76. The van der Waals surface area contributed by atoms with Crippen LogP contribution >= 0.6 is 27.5 Å². The van der Waals surface area contributed by atoms with E-state index in [-0.39, 0.29) is 22.9 Å². The zero-order valence-corrected chi connectivity index (χ0v) is 22.4. The fourth-order valence-corrected chi connectivity index (χ4v) is 5.06. The number of nitrogens with zero attached hydrogens (tertiary/aromatic N) is 4. The predicted molar refractivity (Wildman–Crippen MR) is 141 cm³/mol. The van der Waals surface area contributed by atoms with E-state index in [0.29, 0.717) is 21.6 Å². The zero-order chi connectivity index (χ0) is 27.4. The number of benzene rings is 2. The van der Waals surface area contributed by atoms with Crippen LogP contribution in [0.2, 0.25) is 5.02 Å². The fraction of sp³-hybridized carbons (Fsp3) is 0.240. The average Bonchev–Trinajstić information content (AvgIpc) is 3.32. The third-order valence-electron chi connectivity index (χ3n) is 6.58. The third kappa shape index (κ3) is 4.51. The molecule has 0 bridgehead atoms. The van der Waals surface area contributed by atoms with E-state index in [2.05, 4.69) is 31.7 Å². The zero-order valence-electron chi connectivity index (χ0n) is 20.1. The molecule has 0 spiro atoms. The van der Waals surface area contributed by atoms with Crippen LogP contribution in [0, 0.1) is 6.92 Å². The molecule has 2 aromatic heterocycles. The molecule has 2 atom stereocenters. The molecule has 8 nitrogen and oxygen atoms in total. The Kier molecular flexibility index (Phi) is 6.64. The maximum Gasteiger partial charge on any atom is 0.410 e. The first kappa shape index (κ1) is 26.1. The van der Waals surface area contributed by atoms with Crippen molar-refractivity contribution in [2.24, 2.45) is 7.05 Å². The summed E-state index contributed by atoms with van der Waals surface area (Å²) in [6.07, 6.45) is -5.00. The molecular weight excluding hydrogens is 589 g/mol. The molecule has 38 heavy (non-hydrogen) atoms. The lowest BCUT2D eigenvalue weighted by Crippen LogP contribution is -2.35. The van der Waals surface area contributed by atoms with Crippen LogP contribution in [0.1, 0.15) is 40.3 Å². The van der Waals surface area contributed by atoms with Gasteiger partial charge in [-0.3, -0.25) is 14.3 Å². The van der Waals surface area contributed by atoms with Gasteiger partial charge in [-0.1, -0.05) is 57.9 Å². The SMILES string of the molecule is Cc1c(NC(=O)c2nn3c(c2Cl)NC(c2ccc(Br)cc2)CC3C(F)(F)F)c(=O)n(-c2ccccc2)n1C. The fourth-order valence-electron chi connectivity index (χ4n) is 4.53. The summed E-state index contributed by atoms with van der Waals surface area (Å²) in [5.41, 5.74) is 0.680. The van der Waals surface area contributed by atoms with Crippen LogP contribution < -0.4 is 16.2 Å². The molecular formula is C25H21BrClF3N6O2. The number of fused-ring (bicyclic) bond motifs is 1. The summed E-state index contributed by atoms with van der Waals surface area (Å²) in [6.45, 7) is 1.64. The number of alkyl halides is 3. The second-order valence-electron chi connectivity index (χ2n) is 8.89. The largest absolute Gasteiger partial charge is 0.410 e. The smallest absolute Gasteiger partial charge is 0.362 e. The van der Waals surface area contributed by atoms with Gasteiger partial charge in [-0.2, -0.15) is 18.3 Å². The monoisotopic (exact) mass is 608 g/mol. The van der Waals surface area contributed by atoms with Gasteiger partial charge in [0, 0.05) is 17.9 Å². The Morgan fingerprint density at radius 3 is 2.45 bits per heavy atom. The molecule has 1 amide bonds. The molecule has 0 saturated carbocycles. The highest BCUT2D eigenvalue weighted by molar-refractivity contribution is 9.10. The summed E-state index contributed by atoms with van der Waals surface area (Å²) in [5, 5.41) is 9.20. The van der Waals surface area contributed by atoms with E-state index in [4.69, 9.17) is 11.6 Å². The van der Waals surface area contributed by atoms with E-state index in [1.165, 1.54) is 4.68 Å². The van der Waals surface area contributed by atoms with Gasteiger partial charge < -0.3 is 10.6 Å². The number of halogens is 5. The molecule has 1 aliphatic rings. The van der Waals surface area contributed by atoms with Crippen molar-refractivity contribution in [3.8, 4) is 5.69 Å². The lowest BCUT2D eigenvalue weighted by atomic mass is 9.97. The first-order valence-electron chi connectivity index (χ1n) is 11.5. The Morgan fingerprint density at radius 1 is 1.16 bits per heavy atom. The number of hydrogen-bond donors (Lipinski definition) is 2. The number of hydrogen-bond acceptors (Lipinski definition) is 4. The number of aromatic nitrogens is 4. The van der Waals surface area contributed by atoms with Crippen molar-refractivity contribution in [1.29, 1.82) is 0 Å². The topological polar surface area (TPSA) is 85.9 Å². The van der Waals surface area contributed by atoms with Crippen LogP contribution in [0.25, 0.3) is 5.69 Å². The van der Waals surface area contributed by atoms with E-state index in [1.54, 1.807) is 73.3 Å². The Labute approximate surface area is 228 Å². The molecule has 1 aliphatic heterocycles. The van der Waals surface area contributed by atoms with Crippen molar-refractivity contribution in [2.45, 2.75) is 31.6 Å². The molecule has 2 aromatic carbocycles. The van der Waals surface area contributed by atoms with E-state index in [9.17, 15) is 22.8 Å². The Hall–Kier alpha value is -3.51. The number of nitrogens with one attached hydrogen (secondary N) is 2. The van der Waals surface area contributed by atoms with Gasteiger partial charge in [0.25, 0.3) is 11.5 Å². The molecule has 0 aliphatic carbocycles. The van der Waals surface area contributed by atoms with Gasteiger partial charge in [0.05, 0.1) is 17.4 Å². The van der Waals surface area contributed by atoms with Crippen LogP contribution in [-0.2, 0) is 7.05 Å². The van der Waals surface area contributed by atoms with Crippen molar-refractivity contribution < 1.29 is 18.0 Å². The molecule has 5 rings (SSSR count). The lowest BCUT2D eigenvalue weighted by molar-refractivity contribution is -0.173. The third-order valence-corrected chi connectivity index (χ3v) is 7.46. The van der Waals surface area contributed by atoms with Crippen LogP contribution in [0.5, 0.6) is 0 Å². The normalized spacial score (nSPS) is 17.1. The molecule has 3 heterocycles. The summed E-state index contributed by atoms with van der Waals surface area (Å²) in [5.74, 6) is -1.02.